The number of aromatic hydroxyl groups is 3. The number of aliphatic carboxylic acids is 1. The van der Waals surface area contributed by atoms with Crippen molar-refractivity contribution in [3.05, 3.63) is 29.3 Å². The second kappa shape index (κ2) is 14.9. The zero-order valence-electron chi connectivity index (χ0n) is 17.4. The van der Waals surface area contributed by atoms with E-state index in [0.717, 1.165) is 15.8 Å². The number of aromatic nitrogens is 1. The molecule has 0 spiro atoms. The first-order valence-electron chi connectivity index (χ1n) is 9.80. The molecule has 32 heavy (non-hydrogen) atoms. The molecular formula is C19H28N2O9S2. The van der Waals surface area contributed by atoms with E-state index >= 15 is 0 Å². The van der Waals surface area contributed by atoms with Crippen molar-refractivity contribution >= 4 is 27.6 Å². The number of allylic oxidation sites excluding steroid dienone is 2. The summed E-state index contributed by atoms with van der Waals surface area (Å²) in [6.45, 7) is 2.88. The third kappa shape index (κ3) is 9.22. The summed E-state index contributed by atoms with van der Waals surface area (Å²) in [5, 5.41) is 40.4. The van der Waals surface area contributed by atoms with E-state index in [1.165, 1.54) is 10.8 Å². The number of hydrogen-bond acceptors (Lipinski definition) is 11. The predicted molar refractivity (Wildman–Crippen MR) is 121 cm³/mol. The van der Waals surface area contributed by atoms with Crippen LogP contribution in [0.3, 0.4) is 0 Å². The van der Waals surface area contributed by atoms with Crippen LogP contribution in [0.1, 0.15) is 0 Å². The zero-order chi connectivity index (χ0) is 23.2. The van der Waals surface area contributed by atoms with E-state index in [0.29, 0.717) is 51.9 Å². The van der Waals surface area contributed by atoms with Gasteiger partial charge in [0.2, 0.25) is 5.88 Å². The van der Waals surface area contributed by atoms with E-state index in [1.54, 1.807) is 15.8 Å². The lowest BCUT2D eigenvalue weighted by Crippen LogP contribution is -2.33. The minimum absolute atomic E-state index is 0.228. The summed E-state index contributed by atoms with van der Waals surface area (Å²) in [7, 11) is 3.03. The molecule has 0 radical (unpaired) electrons. The minimum Gasteiger partial charge on any atom is -0.503 e. The topological polar surface area (TPSA) is 143 Å². The van der Waals surface area contributed by atoms with Crippen molar-refractivity contribution in [2.24, 2.45) is 0 Å². The van der Waals surface area contributed by atoms with E-state index in [4.69, 9.17) is 24.1 Å². The predicted octanol–water partition coefficient (Wildman–Crippen LogP) is 1.49. The number of nitrogens with zero attached hydrogens (tertiary/aromatic N) is 2. The zero-order valence-corrected chi connectivity index (χ0v) is 19.1. The molecule has 0 bridgehead atoms. The molecule has 0 fully saturated rings. The molecule has 1 aliphatic rings. The van der Waals surface area contributed by atoms with Crippen LogP contribution >= 0.6 is 21.6 Å². The maximum Gasteiger partial charge on any atom is 0.329 e. The van der Waals surface area contributed by atoms with E-state index in [2.05, 4.69) is 0 Å². The van der Waals surface area contributed by atoms with Gasteiger partial charge in [-0.15, -0.1) is 0 Å². The standard InChI is InChI=1S/C19H28N2O9S2/c22-15-13-16(23)21(19(15)26)20-4-2-1-3-17(20)32-31-12-11-29-8-7-27-5-6-28-9-10-30-14-18(24)25/h1-3,13,22-23,26H,4-12,14H2,(H,24,25). The lowest BCUT2D eigenvalue weighted by Gasteiger charge is -2.28. The van der Waals surface area contributed by atoms with Gasteiger partial charge in [-0.2, -0.15) is 4.68 Å². The molecule has 0 unspecified atom stereocenters. The lowest BCUT2D eigenvalue weighted by atomic mass is 10.4. The fourth-order valence-electron chi connectivity index (χ4n) is 2.46. The quantitative estimate of drug-likeness (QED) is 0.185. The molecule has 2 heterocycles. The first-order chi connectivity index (χ1) is 15.5. The van der Waals surface area contributed by atoms with Crippen LogP contribution in [0.2, 0.25) is 0 Å². The fraction of sp³-hybridized carbons (Fsp3) is 0.526. The third-order valence-corrected chi connectivity index (χ3v) is 6.19. The largest absolute Gasteiger partial charge is 0.503 e. The number of carboxylic acid groups (broad SMARTS) is 1. The summed E-state index contributed by atoms with van der Waals surface area (Å²) >= 11 is 0. The average Bonchev–Trinajstić information content (AvgIpc) is 3.02. The van der Waals surface area contributed by atoms with Crippen molar-refractivity contribution in [3.8, 4) is 17.5 Å². The SMILES string of the molecule is O=C(O)COCCOCCOCCOCCSSC1=CC=CCN1n1c(O)cc(O)c1O. The van der Waals surface area contributed by atoms with Crippen molar-refractivity contribution in [1.82, 2.24) is 4.68 Å². The third-order valence-electron chi connectivity index (χ3n) is 3.86. The summed E-state index contributed by atoms with van der Waals surface area (Å²) in [6, 6.07) is 1.09. The Morgan fingerprint density at radius 3 is 2.19 bits per heavy atom. The van der Waals surface area contributed by atoms with E-state index in [-0.39, 0.29) is 24.8 Å². The maximum absolute atomic E-state index is 10.2. The highest BCUT2D eigenvalue weighted by Crippen LogP contribution is 2.39. The Balaban J connectivity index is 1.49. The highest BCUT2D eigenvalue weighted by molar-refractivity contribution is 8.78. The van der Waals surface area contributed by atoms with Gasteiger partial charge in [0.05, 0.1) is 52.8 Å². The molecule has 11 nitrogen and oxygen atoms in total. The van der Waals surface area contributed by atoms with Crippen LogP contribution in [-0.4, -0.2) is 96.2 Å². The van der Waals surface area contributed by atoms with Crippen molar-refractivity contribution in [1.29, 1.82) is 0 Å². The number of carbonyl (C=O) groups is 1. The number of ether oxygens (including phenoxy) is 4. The lowest BCUT2D eigenvalue weighted by molar-refractivity contribution is -0.142. The Bertz CT molecular complexity index is 770. The molecular weight excluding hydrogens is 464 g/mol. The summed E-state index contributed by atoms with van der Waals surface area (Å²) < 4.78 is 22.1. The van der Waals surface area contributed by atoms with Crippen LogP contribution in [0.4, 0.5) is 0 Å². The first kappa shape index (κ1) is 26.2. The molecule has 180 valence electrons. The fourth-order valence-corrected chi connectivity index (χ4v) is 4.46. The van der Waals surface area contributed by atoms with Crippen LogP contribution in [0, 0.1) is 0 Å². The number of rotatable bonds is 17. The molecule has 0 amide bonds. The van der Waals surface area contributed by atoms with Crippen molar-refractivity contribution in [3.63, 3.8) is 0 Å². The molecule has 0 saturated carbocycles. The maximum atomic E-state index is 10.2. The van der Waals surface area contributed by atoms with Gasteiger partial charge in [-0.3, -0.25) is 5.01 Å². The van der Waals surface area contributed by atoms with Crippen molar-refractivity contribution in [2.75, 3.05) is 70.2 Å². The molecule has 0 aromatic carbocycles. The van der Waals surface area contributed by atoms with E-state index < -0.39 is 11.8 Å². The van der Waals surface area contributed by atoms with Gasteiger partial charge in [0.25, 0.3) is 5.88 Å². The summed E-state index contributed by atoms with van der Waals surface area (Å²) in [5.41, 5.74) is 0. The Labute approximate surface area is 193 Å². The van der Waals surface area contributed by atoms with E-state index in [1.807, 2.05) is 18.2 Å². The molecule has 1 aromatic rings. The van der Waals surface area contributed by atoms with Crippen molar-refractivity contribution in [2.45, 2.75) is 0 Å². The molecule has 1 aliphatic heterocycles. The van der Waals surface area contributed by atoms with Gasteiger partial charge in [-0.05, 0) is 16.9 Å². The monoisotopic (exact) mass is 492 g/mol. The minimum atomic E-state index is -1.01. The summed E-state index contributed by atoms with van der Waals surface area (Å²) in [6.07, 6.45) is 5.61. The number of hydrogen-bond donors (Lipinski definition) is 4. The molecule has 0 aliphatic carbocycles. The molecule has 1 aromatic heterocycles. The Hall–Kier alpha value is -2.03. The van der Waals surface area contributed by atoms with Gasteiger partial charge in [0.1, 0.15) is 11.6 Å². The normalized spacial score (nSPS) is 13.5. The molecule has 13 heteroatoms. The molecule has 0 atom stereocenters. The van der Waals surface area contributed by atoms with Crippen LogP contribution in [0.25, 0.3) is 0 Å². The van der Waals surface area contributed by atoms with Gasteiger partial charge in [-0.1, -0.05) is 22.9 Å². The van der Waals surface area contributed by atoms with Crippen LogP contribution in [-0.2, 0) is 23.7 Å². The molecule has 2 rings (SSSR count). The summed E-state index contributed by atoms with van der Waals surface area (Å²) in [5.74, 6) is -1.36. The average molecular weight is 493 g/mol. The second-order valence-corrected chi connectivity index (χ2v) is 8.66. The van der Waals surface area contributed by atoms with Gasteiger partial charge >= 0.3 is 5.97 Å². The van der Waals surface area contributed by atoms with Gasteiger partial charge < -0.3 is 39.4 Å². The molecule has 4 N–H and O–H groups in total. The van der Waals surface area contributed by atoms with Gasteiger partial charge in [0.15, 0.2) is 5.75 Å². The van der Waals surface area contributed by atoms with E-state index in [9.17, 15) is 20.1 Å². The number of carboxylic acids is 1. The van der Waals surface area contributed by atoms with Crippen LogP contribution in [0.15, 0.2) is 29.3 Å². The first-order valence-corrected chi connectivity index (χ1v) is 12.1. The highest BCUT2D eigenvalue weighted by Gasteiger charge is 2.22. The Kier molecular flexibility index (Phi) is 12.2. The summed E-state index contributed by atoms with van der Waals surface area (Å²) in [4.78, 5) is 10.2. The van der Waals surface area contributed by atoms with Crippen molar-refractivity contribution < 1.29 is 44.2 Å². The highest BCUT2D eigenvalue weighted by atomic mass is 33.1. The van der Waals surface area contributed by atoms with Gasteiger partial charge in [0, 0.05) is 11.8 Å². The van der Waals surface area contributed by atoms with Crippen LogP contribution < -0.4 is 5.01 Å². The second-order valence-electron chi connectivity index (χ2n) is 6.23. The van der Waals surface area contributed by atoms with Gasteiger partial charge in [-0.25, -0.2) is 4.79 Å². The Morgan fingerprint density at radius 2 is 1.59 bits per heavy atom. The Morgan fingerprint density at radius 1 is 0.969 bits per heavy atom. The smallest absolute Gasteiger partial charge is 0.329 e. The van der Waals surface area contributed by atoms with Crippen LogP contribution in [0.5, 0.6) is 17.5 Å². The molecule has 0 saturated heterocycles.